The molecule has 0 radical (unpaired) electrons. The van der Waals surface area contributed by atoms with Crippen molar-refractivity contribution >= 4 is 5.91 Å². The SMILES string of the molecule is CCNC(=O)COc1cc2c(cc1CN)OCO2. The molecular weight excluding hydrogens is 236 g/mol. The fourth-order valence-corrected chi connectivity index (χ4v) is 1.65. The van der Waals surface area contributed by atoms with E-state index in [1.165, 1.54) is 0 Å². The van der Waals surface area contributed by atoms with Gasteiger partial charge in [0.25, 0.3) is 5.91 Å². The van der Waals surface area contributed by atoms with Gasteiger partial charge in [-0.2, -0.15) is 0 Å². The number of likely N-dealkylation sites (N-methyl/N-ethyl adjacent to an activating group) is 1. The van der Waals surface area contributed by atoms with Crippen molar-refractivity contribution in [3.05, 3.63) is 17.7 Å². The lowest BCUT2D eigenvalue weighted by Crippen LogP contribution is -2.28. The van der Waals surface area contributed by atoms with E-state index in [-0.39, 0.29) is 19.3 Å². The summed E-state index contributed by atoms with van der Waals surface area (Å²) in [6, 6.07) is 3.47. The minimum absolute atomic E-state index is 0.0412. The molecule has 0 fully saturated rings. The monoisotopic (exact) mass is 252 g/mol. The second-order valence-electron chi connectivity index (χ2n) is 3.76. The van der Waals surface area contributed by atoms with Gasteiger partial charge in [-0.3, -0.25) is 4.79 Å². The Labute approximate surface area is 105 Å². The third-order valence-electron chi connectivity index (χ3n) is 2.51. The predicted molar refractivity (Wildman–Crippen MR) is 64.6 cm³/mol. The molecule has 6 heteroatoms. The number of fused-ring (bicyclic) bond motifs is 1. The molecule has 0 aliphatic carbocycles. The first kappa shape index (κ1) is 12.5. The molecule has 1 aliphatic rings. The van der Waals surface area contributed by atoms with E-state index in [0.717, 1.165) is 5.56 Å². The minimum Gasteiger partial charge on any atom is -0.483 e. The van der Waals surface area contributed by atoms with Crippen molar-refractivity contribution < 1.29 is 19.0 Å². The third-order valence-corrected chi connectivity index (χ3v) is 2.51. The van der Waals surface area contributed by atoms with Gasteiger partial charge in [0, 0.05) is 24.7 Å². The first-order chi connectivity index (χ1) is 8.74. The molecule has 0 saturated carbocycles. The molecule has 0 atom stereocenters. The highest BCUT2D eigenvalue weighted by Gasteiger charge is 2.17. The number of benzene rings is 1. The third kappa shape index (κ3) is 2.65. The molecule has 6 nitrogen and oxygen atoms in total. The standard InChI is InChI=1S/C12H16N2O4/c1-2-14-12(15)6-16-9-4-11-10(17-7-18-11)3-8(9)5-13/h3-4H,2,5-7,13H2,1H3,(H,14,15). The van der Waals surface area contributed by atoms with Crippen LogP contribution in [-0.4, -0.2) is 25.9 Å². The fraction of sp³-hybridized carbons (Fsp3) is 0.417. The average molecular weight is 252 g/mol. The Bertz CT molecular complexity index is 448. The lowest BCUT2D eigenvalue weighted by molar-refractivity contribution is -0.122. The minimum atomic E-state index is -0.168. The number of rotatable bonds is 5. The molecule has 1 aromatic carbocycles. The molecule has 0 bridgehead atoms. The molecule has 0 saturated heterocycles. The molecule has 1 aromatic rings. The number of carbonyl (C=O) groups excluding carboxylic acids is 1. The lowest BCUT2D eigenvalue weighted by Gasteiger charge is -2.11. The van der Waals surface area contributed by atoms with Crippen molar-refractivity contribution in [3.8, 4) is 17.2 Å². The number of hydrogen-bond acceptors (Lipinski definition) is 5. The zero-order chi connectivity index (χ0) is 13.0. The maximum absolute atomic E-state index is 11.3. The van der Waals surface area contributed by atoms with Crippen molar-refractivity contribution in [1.29, 1.82) is 0 Å². The topological polar surface area (TPSA) is 82.8 Å². The van der Waals surface area contributed by atoms with Crippen LogP contribution in [-0.2, 0) is 11.3 Å². The maximum atomic E-state index is 11.3. The summed E-state index contributed by atoms with van der Waals surface area (Å²) < 4.78 is 15.9. The zero-order valence-corrected chi connectivity index (χ0v) is 10.2. The largest absolute Gasteiger partial charge is 0.483 e. The van der Waals surface area contributed by atoms with Gasteiger partial charge in [-0.15, -0.1) is 0 Å². The molecular formula is C12H16N2O4. The molecule has 1 amide bonds. The maximum Gasteiger partial charge on any atom is 0.257 e. The van der Waals surface area contributed by atoms with Crippen LogP contribution in [0.2, 0.25) is 0 Å². The summed E-state index contributed by atoms with van der Waals surface area (Å²) in [4.78, 5) is 11.3. The summed E-state index contributed by atoms with van der Waals surface area (Å²) in [6.45, 7) is 2.89. The molecule has 1 aliphatic heterocycles. The van der Waals surface area contributed by atoms with Crippen LogP contribution in [0.1, 0.15) is 12.5 Å². The van der Waals surface area contributed by atoms with E-state index in [4.69, 9.17) is 19.9 Å². The van der Waals surface area contributed by atoms with Crippen molar-refractivity contribution in [3.63, 3.8) is 0 Å². The average Bonchev–Trinajstić information content (AvgIpc) is 2.82. The van der Waals surface area contributed by atoms with Gasteiger partial charge >= 0.3 is 0 Å². The van der Waals surface area contributed by atoms with Gasteiger partial charge < -0.3 is 25.3 Å². The van der Waals surface area contributed by atoms with Crippen molar-refractivity contribution in [2.24, 2.45) is 5.73 Å². The van der Waals surface area contributed by atoms with Gasteiger partial charge in [0.2, 0.25) is 6.79 Å². The first-order valence-corrected chi connectivity index (χ1v) is 5.76. The summed E-state index contributed by atoms with van der Waals surface area (Å²) in [5.41, 5.74) is 6.41. The van der Waals surface area contributed by atoms with E-state index in [0.29, 0.717) is 30.3 Å². The number of ether oxygens (including phenoxy) is 3. The van der Waals surface area contributed by atoms with Crippen LogP contribution in [0.25, 0.3) is 0 Å². The van der Waals surface area contributed by atoms with E-state index >= 15 is 0 Å². The van der Waals surface area contributed by atoms with Crippen LogP contribution < -0.4 is 25.3 Å². The highest BCUT2D eigenvalue weighted by molar-refractivity contribution is 5.77. The Morgan fingerprint density at radius 2 is 2.17 bits per heavy atom. The Balaban J connectivity index is 2.09. The van der Waals surface area contributed by atoms with Crippen molar-refractivity contribution in [2.75, 3.05) is 19.9 Å². The van der Waals surface area contributed by atoms with Gasteiger partial charge in [-0.1, -0.05) is 0 Å². The Kier molecular flexibility index (Phi) is 3.88. The van der Waals surface area contributed by atoms with Crippen LogP contribution >= 0.6 is 0 Å². The number of carbonyl (C=O) groups is 1. The van der Waals surface area contributed by atoms with E-state index in [2.05, 4.69) is 5.32 Å². The Hall–Kier alpha value is -1.95. The van der Waals surface area contributed by atoms with E-state index in [1.54, 1.807) is 12.1 Å². The van der Waals surface area contributed by atoms with Crippen molar-refractivity contribution in [1.82, 2.24) is 5.32 Å². The van der Waals surface area contributed by atoms with Gasteiger partial charge in [0.05, 0.1) is 0 Å². The molecule has 0 unspecified atom stereocenters. The first-order valence-electron chi connectivity index (χ1n) is 5.76. The van der Waals surface area contributed by atoms with Crippen LogP contribution in [0.5, 0.6) is 17.2 Å². The summed E-state index contributed by atoms with van der Waals surface area (Å²) in [5.74, 6) is 1.64. The van der Waals surface area contributed by atoms with E-state index in [9.17, 15) is 4.79 Å². The molecule has 98 valence electrons. The predicted octanol–water partition coefficient (Wildman–Crippen LogP) is 0.389. The summed E-state index contributed by atoms with van der Waals surface area (Å²) >= 11 is 0. The quantitative estimate of drug-likeness (QED) is 0.792. The zero-order valence-electron chi connectivity index (χ0n) is 10.2. The van der Waals surface area contributed by atoms with Crippen LogP contribution in [0.3, 0.4) is 0 Å². The lowest BCUT2D eigenvalue weighted by atomic mass is 10.2. The number of hydrogen-bond donors (Lipinski definition) is 2. The van der Waals surface area contributed by atoms with Gasteiger partial charge in [0.1, 0.15) is 5.75 Å². The van der Waals surface area contributed by atoms with Gasteiger partial charge in [-0.05, 0) is 13.0 Å². The molecule has 1 heterocycles. The second kappa shape index (κ2) is 5.59. The molecule has 18 heavy (non-hydrogen) atoms. The van der Waals surface area contributed by atoms with Crippen LogP contribution in [0.4, 0.5) is 0 Å². The van der Waals surface area contributed by atoms with E-state index < -0.39 is 0 Å². The van der Waals surface area contributed by atoms with Crippen molar-refractivity contribution in [2.45, 2.75) is 13.5 Å². The highest BCUT2D eigenvalue weighted by Crippen LogP contribution is 2.37. The van der Waals surface area contributed by atoms with E-state index in [1.807, 2.05) is 6.92 Å². The van der Waals surface area contributed by atoms with Crippen LogP contribution in [0.15, 0.2) is 12.1 Å². The molecule has 2 rings (SSSR count). The van der Waals surface area contributed by atoms with Gasteiger partial charge in [-0.25, -0.2) is 0 Å². The summed E-state index contributed by atoms with van der Waals surface area (Å²) in [5, 5.41) is 2.65. The normalized spacial score (nSPS) is 12.3. The molecule has 3 N–H and O–H groups in total. The number of nitrogens with one attached hydrogen (secondary N) is 1. The molecule has 0 aromatic heterocycles. The smallest absolute Gasteiger partial charge is 0.257 e. The van der Waals surface area contributed by atoms with Gasteiger partial charge in [0.15, 0.2) is 18.1 Å². The Morgan fingerprint density at radius 1 is 1.44 bits per heavy atom. The highest BCUT2D eigenvalue weighted by atomic mass is 16.7. The summed E-state index contributed by atoms with van der Waals surface area (Å²) in [6.07, 6.45) is 0. The molecule has 0 spiro atoms. The number of nitrogens with two attached hydrogens (primary N) is 1. The number of amides is 1. The summed E-state index contributed by atoms with van der Waals surface area (Å²) in [7, 11) is 0. The second-order valence-corrected chi connectivity index (χ2v) is 3.76. The Morgan fingerprint density at radius 3 is 2.83 bits per heavy atom. The fourth-order valence-electron chi connectivity index (χ4n) is 1.65. The van der Waals surface area contributed by atoms with Crippen LogP contribution in [0, 0.1) is 0 Å².